The van der Waals surface area contributed by atoms with Crippen molar-refractivity contribution in [3.8, 4) is 0 Å². The molecule has 0 heterocycles. The van der Waals surface area contributed by atoms with Gasteiger partial charge in [0.25, 0.3) is 0 Å². The highest BCUT2D eigenvalue weighted by molar-refractivity contribution is 7.98. The van der Waals surface area contributed by atoms with E-state index in [2.05, 4.69) is 28.1 Å². The number of carbonyl (C=O) groups excluding carboxylic acids is 2. The Kier molecular flexibility index (Phi) is 9.49. The van der Waals surface area contributed by atoms with E-state index in [9.17, 15) is 14.4 Å². The van der Waals surface area contributed by atoms with Crippen LogP contribution in [0, 0.1) is 0 Å². The number of hydrogen-bond acceptors (Lipinski definition) is 5. The molecular weight excluding hydrogens is 318 g/mol. The Bertz CT molecular complexity index is 511. The molecule has 0 fully saturated rings. The van der Waals surface area contributed by atoms with Crippen LogP contribution in [0.25, 0.3) is 0 Å². The molecule has 2 amide bonds. The molecule has 0 aliphatic heterocycles. The van der Waals surface area contributed by atoms with Crippen molar-refractivity contribution in [2.45, 2.75) is 5.75 Å². The van der Waals surface area contributed by atoms with Crippen molar-refractivity contribution in [3.63, 3.8) is 0 Å². The fraction of sp³-hybridized carbons (Fsp3) is 0.400. The number of carboxylic acid groups (broad SMARTS) is 1. The largest absolute Gasteiger partial charge is 0.480 e. The number of hydrogen-bond donors (Lipinski definition) is 4. The summed E-state index contributed by atoms with van der Waals surface area (Å²) in [5.41, 5.74) is 1.25. The third-order valence-corrected chi connectivity index (χ3v) is 3.72. The number of rotatable bonds is 11. The highest BCUT2D eigenvalue weighted by Crippen LogP contribution is 2.10. The van der Waals surface area contributed by atoms with Crippen molar-refractivity contribution in [1.29, 1.82) is 0 Å². The van der Waals surface area contributed by atoms with Crippen molar-refractivity contribution in [3.05, 3.63) is 35.9 Å². The van der Waals surface area contributed by atoms with Crippen LogP contribution in [0.3, 0.4) is 0 Å². The van der Waals surface area contributed by atoms with Crippen LogP contribution in [0.2, 0.25) is 0 Å². The Morgan fingerprint density at radius 3 is 2.26 bits per heavy atom. The molecule has 8 heteroatoms. The fourth-order valence-electron chi connectivity index (χ4n) is 1.62. The second-order valence-corrected chi connectivity index (χ2v) is 5.77. The van der Waals surface area contributed by atoms with Crippen LogP contribution >= 0.6 is 11.8 Å². The predicted molar refractivity (Wildman–Crippen MR) is 89.1 cm³/mol. The standard InChI is InChI=1S/C15H21N3O4S/c19-13(8-16-9-14(20)18-10-15(21)22)17-6-7-23-11-12-4-2-1-3-5-12/h1-5,16H,6-11H2,(H,17,19)(H,18,20)(H,21,22). The minimum Gasteiger partial charge on any atom is -0.480 e. The van der Waals surface area contributed by atoms with Gasteiger partial charge >= 0.3 is 5.97 Å². The first kappa shape index (κ1) is 19.0. The summed E-state index contributed by atoms with van der Waals surface area (Å²) >= 11 is 1.73. The Labute approximate surface area is 139 Å². The first-order valence-corrected chi connectivity index (χ1v) is 8.31. The lowest BCUT2D eigenvalue weighted by molar-refractivity contribution is -0.137. The van der Waals surface area contributed by atoms with Gasteiger partial charge in [0.05, 0.1) is 13.1 Å². The van der Waals surface area contributed by atoms with Crippen LogP contribution in [0.4, 0.5) is 0 Å². The minimum absolute atomic E-state index is 0.0177. The molecule has 0 saturated carbocycles. The third-order valence-electron chi connectivity index (χ3n) is 2.69. The van der Waals surface area contributed by atoms with Crippen molar-refractivity contribution in [1.82, 2.24) is 16.0 Å². The first-order chi connectivity index (χ1) is 11.1. The molecule has 23 heavy (non-hydrogen) atoms. The molecule has 126 valence electrons. The fourth-order valence-corrected chi connectivity index (χ4v) is 2.43. The molecular formula is C15H21N3O4S. The topological polar surface area (TPSA) is 108 Å². The predicted octanol–water partition coefficient (Wildman–Crippen LogP) is -0.174. The molecule has 1 aromatic carbocycles. The summed E-state index contributed by atoms with van der Waals surface area (Å²) in [5.74, 6) is -0.0580. The van der Waals surface area contributed by atoms with E-state index in [1.54, 1.807) is 11.8 Å². The van der Waals surface area contributed by atoms with Crippen LogP contribution in [0.15, 0.2) is 30.3 Å². The van der Waals surface area contributed by atoms with Crippen molar-refractivity contribution in [2.75, 3.05) is 31.9 Å². The van der Waals surface area contributed by atoms with E-state index in [0.29, 0.717) is 6.54 Å². The second-order valence-electron chi connectivity index (χ2n) is 4.66. The van der Waals surface area contributed by atoms with Crippen LogP contribution in [-0.4, -0.2) is 54.8 Å². The average molecular weight is 339 g/mol. The molecule has 4 N–H and O–H groups in total. The molecule has 1 aromatic rings. The highest BCUT2D eigenvalue weighted by atomic mass is 32.2. The van der Waals surface area contributed by atoms with Crippen LogP contribution in [0.5, 0.6) is 0 Å². The number of thioether (sulfide) groups is 1. The summed E-state index contributed by atoms with van der Waals surface area (Å²) in [7, 11) is 0. The van der Waals surface area contributed by atoms with E-state index in [-0.39, 0.29) is 19.0 Å². The third kappa shape index (κ3) is 10.3. The van der Waals surface area contributed by atoms with Crippen molar-refractivity contribution in [2.24, 2.45) is 0 Å². The molecule has 0 radical (unpaired) electrons. The van der Waals surface area contributed by atoms with Gasteiger partial charge in [-0.25, -0.2) is 0 Å². The van der Waals surface area contributed by atoms with E-state index >= 15 is 0 Å². The summed E-state index contributed by atoms with van der Waals surface area (Å²) in [6.07, 6.45) is 0. The van der Waals surface area contributed by atoms with E-state index in [0.717, 1.165) is 11.5 Å². The molecule has 0 aromatic heterocycles. The second kappa shape index (κ2) is 11.5. The maximum atomic E-state index is 11.5. The Morgan fingerprint density at radius 2 is 1.61 bits per heavy atom. The quantitative estimate of drug-likeness (QED) is 0.417. The number of aliphatic carboxylic acids is 1. The van der Waals surface area contributed by atoms with Crippen LogP contribution < -0.4 is 16.0 Å². The van der Waals surface area contributed by atoms with Gasteiger partial charge in [0.15, 0.2) is 0 Å². The molecule has 0 spiro atoms. The summed E-state index contributed by atoms with van der Waals surface area (Å²) in [6.45, 7) is 0.0574. The number of carbonyl (C=O) groups is 3. The lowest BCUT2D eigenvalue weighted by Gasteiger charge is -2.07. The SMILES string of the molecule is O=C(O)CNC(=O)CNCC(=O)NCCSCc1ccccc1. The zero-order valence-corrected chi connectivity index (χ0v) is 13.5. The monoisotopic (exact) mass is 339 g/mol. The van der Waals surface area contributed by atoms with Crippen LogP contribution in [-0.2, 0) is 20.1 Å². The molecule has 0 atom stereocenters. The summed E-state index contributed by atoms with van der Waals surface area (Å²) < 4.78 is 0. The van der Waals surface area contributed by atoms with Crippen LogP contribution in [0.1, 0.15) is 5.56 Å². The van der Waals surface area contributed by atoms with Gasteiger partial charge in [-0.1, -0.05) is 30.3 Å². The van der Waals surface area contributed by atoms with Gasteiger partial charge in [0.2, 0.25) is 11.8 Å². The Morgan fingerprint density at radius 1 is 0.957 bits per heavy atom. The Balaban J connectivity index is 1.98. The Hall–Kier alpha value is -2.06. The summed E-state index contributed by atoms with van der Waals surface area (Å²) in [6, 6.07) is 10.1. The number of nitrogens with one attached hydrogen (secondary N) is 3. The van der Waals surface area contributed by atoms with E-state index in [1.807, 2.05) is 18.2 Å². The average Bonchev–Trinajstić information content (AvgIpc) is 2.53. The number of amides is 2. The maximum Gasteiger partial charge on any atom is 0.322 e. The zero-order valence-electron chi connectivity index (χ0n) is 12.7. The van der Waals surface area contributed by atoms with E-state index < -0.39 is 18.4 Å². The molecule has 0 aliphatic carbocycles. The molecule has 0 unspecified atom stereocenters. The smallest absolute Gasteiger partial charge is 0.322 e. The van der Waals surface area contributed by atoms with Gasteiger partial charge in [-0.3, -0.25) is 19.7 Å². The summed E-state index contributed by atoms with van der Waals surface area (Å²) in [5, 5.41) is 16.0. The molecule has 0 aliphatic rings. The van der Waals surface area contributed by atoms with Gasteiger partial charge in [-0.05, 0) is 5.56 Å². The van der Waals surface area contributed by atoms with Gasteiger partial charge in [-0.15, -0.1) is 0 Å². The van der Waals surface area contributed by atoms with Crippen molar-refractivity contribution >= 4 is 29.5 Å². The summed E-state index contributed by atoms with van der Waals surface area (Å²) in [4.78, 5) is 33.0. The lowest BCUT2D eigenvalue weighted by Crippen LogP contribution is -2.41. The number of carboxylic acids is 1. The molecule has 1 rings (SSSR count). The molecule has 7 nitrogen and oxygen atoms in total. The van der Waals surface area contributed by atoms with Gasteiger partial charge in [0.1, 0.15) is 6.54 Å². The first-order valence-electron chi connectivity index (χ1n) is 7.15. The van der Waals surface area contributed by atoms with Crippen molar-refractivity contribution < 1.29 is 19.5 Å². The zero-order chi connectivity index (χ0) is 16.9. The molecule has 0 bridgehead atoms. The van der Waals surface area contributed by atoms with E-state index in [4.69, 9.17) is 5.11 Å². The van der Waals surface area contributed by atoms with Gasteiger partial charge in [-0.2, -0.15) is 11.8 Å². The molecule has 0 saturated heterocycles. The minimum atomic E-state index is -1.11. The lowest BCUT2D eigenvalue weighted by atomic mass is 10.2. The maximum absolute atomic E-state index is 11.5. The van der Waals surface area contributed by atoms with Gasteiger partial charge in [0, 0.05) is 18.1 Å². The normalized spacial score (nSPS) is 10.1. The number of benzene rings is 1. The van der Waals surface area contributed by atoms with Gasteiger partial charge < -0.3 is 15.7 Å². The highest BCUT2D eigenvalue weighted by Gasteiger charge is 2.05. The van der Waals surface area contributed by atoms with E-state index in [1.165, 1.54) is 5.56 Å².